The van der Waals surface area contributed by atoms with Crippen LogP contribution in [0.4, 0.5) is 4.79 Å². The summed E-state index contributed by atoms with van der Waals surface area (Å²) in [6.45, 7) is 15.5. The summed E-state index contributed by atoms with van der Waals surface area (Å²) in [5.74, 6) is -3.25. The Labute approximate surface area is 325 Å². The Balaban J connectivity index is 1.51. The largest absolute Gasteiger partial charge is 0.458 e. The molecule has 0 aliphatic carbocycles. The zero-order valence-corrected chi connectivity index (χ0v) is 34.1. The summed E-state index contributed by atoms with van der Waals surface area (Å²) in [7, 11) is 3.81. The average Bonchev–Trinajstić information content (AvgIpc) is 3.47. The number of esters is 1. The quantitative estimate of drug-likeness (QED) is 0.248. The summed E-state index contributed by atoms with van der Waals surface area (Å²) in [5.41, 5.74) is -0.496. The molecule has 3 unspecified atom stereocenters. The van der Waals surface area contributed by atoms with Crippen LogP contribution in [-0.4, -0.2) is 120 Å². The molecule has 304 valence electrons. The Bertz CT molecular complexity index is 1690. The maximum Gasteiger partial charge on any atom is 0.408 e. The lowest BCUT2D eigenvalue weighted by molar-refractivity contribution is -0.296. The van der Waals surface area contributed by atoms with Gasteiger partial charge in [0.15, 0.2) is 17.7 Å². The molecular weight excluding hydrogens is 704 g/mol. The highest BCUT2D eigenvalue weighted by atomic mass is 16.7. The molecule has 0 radical (unpaired) electrons. The molecule has 55 heavy (non-hydrogen) atoms. The molecule has 13 heteroatoms. The molecular formula is C42H62N4O9. The van der Waals surface area contributed by atoms with Crippen LogP contribution in [0.1, 0.15) is 80.2 Å². The number of hydrogen-bond donors (Lipinski definition) is 3. The van der Waals surface area contributed by atoms with E-state index in [1.165, 1.54) is 6.92 Å². The number of Topliss-reactive ketones (excluding diaryl/α,β-unsaturated/α-hetero) is 1. The number of ether oxygens (including phenoxy) is 5. The van der Waals surface area contributed by atoms with Crippen LogP contribution >= 0.6 is 0 Å². The summed E-state index contributed by atoms with van der Waals surface area (Å²) in [4.78, 5) is 47.5. The number of ketones is 1. The molecule has 1 amide bonds. The Morgan fingerprint density at radius 1 is 1.09 bits per heavy atom. The number of carbonyl (C=O) groups is 3. The minimum absolute atomic E-state index is 0.0353. The number of para-hydroxylation sites is 1. The number of nitrogens with zero attached hydrogens (tertiary/aromatic N) is 2. The number of amides is 1. The minimum Gasteiger partial charge on any atom is -0.458 e. The first-order valence-electron chi connectivity index (χ1n) is 19.7. The van der Waals surface area contributed by atoms with Crippen molar-refractivity contribution in [2.24, 2.45) is 17.8 Å². The van der Waals surface area contributed by atoms with Gasteiger partial charge in [0, 0.05) is 29.6 Å². The fourth-order valence-corrected chi connectivity index (χ4v) is 8.68. The van der Waals surface area contributed by atoms with E-state index in [-0.39, 0.29) is 30.7 Å². The van der Waals surface area contributed by atoms with Crippen molar-refractivity contribution >= 4 is 34.8 Å². The van der Waals surface area contributed by atoms with Crippen molar-refractivity contribution in [2.45, 2.75) is 135 Å². The van der Waals surface area contributed by atoms with Gasteiger partial charge in [0.25, 0.3) is 0 Å². The number of rotatable bonds is 8. The van der Waals surface area contributed by atoms with Gasteiger partial charge < -0.3 is 44.3 Å². The molecule has 13 atom stereocenters. The third-order valence-corrected chi connectivity index (χ3v) is 11.8. The number of carbonyl (C=O) groups excluding carboxylic acids is 3. The summed E-state index contributed by atoms with van der Waals surface area (Å²) in [5, 5.41) is 19.1. The first kappa shape index (κ1) is 42.7. The number of pyridine rings is 1. The van der Waals surface area contributed by atoms with Crippen LogP contribution < -0.4 is 10.6 Å². The second kappa shape index (κ2) is 17.8. The molecule has 1 aromatic carbocycles. The monoisotopic (exact) mass is 766 g/mol. The standard InChI is InChI=1S/C42H62N4O9/c1-11-33-42(8)36(45-40(50)55-42)28(6)43-22-24(2)21-41(7,51-18-14-15-29-20-30-16-12-13-17-31(30)44-23-29)37(26(4)34(47)27(5)38(49)53-33)54-39-35(48)32(46(9)10)19-25(3)52-39/h12-17,20,23-28,32-33,35-37,39,43,48H,11,18-19,21-22H2,1-10H3,(H,45,50)/b15-14+/t24-,25?,26+,27-,28-,32?,33-,35?,36-,37-,39+,41-,42-/m1/s1. The first-order valence-corrected chi connectivity index (χ1v) is 19.7. The molecule has 3 fully saturated rings. The van der Waals surface area contributed by atoms with E-state index in [0.29, 0.717) is 25.8 Å². The Kier molecular flexibility index (Phi) is 13.8. The molecule has 4 heterocycles. The predicted octanol–water partition coefficient (Wildman–Crippen LogP) is 4.88. The van der Waals surface area contributed by atoms with Gasteiger partial charge in [0.2, 0.25) is 0 Å². The number of cyclic esters (lactones) is 1. The highest BCUT2D eigenvalue weighted by Gasteiger charge is 2.55. The molecule has 0 spiro atoms. The summed E-state index contributed by atoms with van der Waals surface area (Å²) >= 11 is 0. The summed E-state index contributed by atoms with van der Waals surface area (Å²) in [6.07, 6.45) is 2.37. The van der Waals surface area contributed by atoms with Crippen LogP contribution in [-0.2, 0) is 33.3 Å². The van der Waals surface area contributed by atoms with Gasteiger partial charge in [0.1, 0.15) is 18.1 Å². The fraction of sp³-hybridized carbons (Fsp3) is 0.667. The van der Waals surface area contributed by atoms with Crippen molar-refractivity contribution in [1.82, 2.24) is 20.5 Å². The maximum absolute atomic E-state index is 14.5. The topological polar surface area (TPSA) is 158 Å². The number of hydrogen-bond acceptors (Lipinski definition) is 12. The number of benzene rings is 1. The number of aliphatic hydroxyl groups is 1. The van der Waals surface area contributed by atoms with Gasteiger partial charge >= 0.3 is 12.1 Å². The number of likely N-dealkylation sites (N-methyl/N-ethyl adjacent to an activating group) is 1. The van der Waals surface area contributed by atoms with E-state index in [9.17, 15) is 19.5 Å². The zero-order chi connectivity index (χ0) is 40.2. The number of aliphatic hydroxyl groups excluding tert-OH is 1. The van der Waals surface area contributed by atoms with Crippen molar-refractivity contribution in [2.75, 3.05) is 27.2 Å². The van der Waals surface area contributed by atoms with E-state index in [1.54, 1.807) is 13.8 Å². The maximum atomic E-state index is 14.5. The van der Waals surface area contributed by atoms with Crippen LogP contribution in [0.5, 0.6) is 0 Å². The van der Waals surface area contributed by atoms with E-state index in [4.69, 9.17) is 23.7 Å². The lowest BCUT2D eigenvalue weighted by atomic mass is 9.78. The molecule has 3 saturated heterocycles. The number of aromatic nitrogens is 1. The molecule has 3 aliphatic heterocycles. The minimum atomic E-state index is -1.18. The van der Waals surface area contributed by atoms with E-state index >= 15 is 0 Å². The first-order chi connectivity index (χ1) is 26.0. The second-order valence-corrected chi connectivity index (χ2v) is 16.6. The summed E-state index contributed by atoms with van der Waals surface area (Å²) in [6, 6.07) is 8.92. The normalized spacial score (nSPS) is 38.3. The van der Waals surface area contributed by atoms with Crippen LogP contribution in [0.15, 0.2) is 42.6 Å². The predicted molar refractivity (Wildman–Crippen MR) is 209 cm³/mol. The van der Waals surface area contributed by atoms with Crippen molar-refractivity contribution in [3.63, 3.8) is 0 Å². The van der Waals surface area contributed by atoms with E-state index in [2.05, 4.69) is 28.6 Å². The highest BCUT2D eigenvalue weighted by molar-refractivity contribution is 6.00. The molecule has 13 nitrogen and oxygen atoms in total. The Hall–Kier alpha value is -3.46. The lowest BCUT2D eigenvalue weighted by Gasteiger charge is -2.47. The highest BCUT2D eigenvalue weighted by Crippen LogP contribution is 2.38. The van der Waals surface area contributed by atoms with Gasteiger partial charge in [-0.25, -0.2) is 4.79 Å². The van der Waals surface area contributed by atoms with Gasteiger partial charge in [-0.15, -0.1) is 0 Å². The Morgan fingerprint density at radius 3 is 2.53 bits per heavy atom. The van der Waals surface area contributed by atoms with E-state index in [1.807, 2.05) is 89.3 Å². The van der Waals surface area contributed by atoms with Crippen LogP contribution in [0.25, 0.3) is 17.0 Å². The molecule has 0 bridgehead atoms. The zero-order valence-electron chi connectivity index (χ0n) is 34.1. The third-order valence-electron chi connectivity index (χ3n) is 11.8. The number of alkyl carbamates (subject to hydrolysis) is 1. The summed E-state index contributed by atoms with van der Waals surface area (Å²) < 4.78 is 31.7. The molecule has 5 rings (SSSR count). The molecule has 1 aromatic heterocycles. The van der Waals surface area contributed by atoms with Gasteiger partial charge in [-0.1, -0.05) is 51.1 Å². The van der Waals surface area contributed by atoms with Crippen molar-refractivity contribution < 1.29 is 43.2 Å². The molecule has 3 aliphatic rings. The Morgan fingerprint density at radius 2 is 1.82 bits per heavy atom. The number of fused-ring (bicyclic) bond motifs is 2. The van der Waals surface area contributed by atoms with Crippen LogP contribution in [0.3, 0.4) is 0 Å². The number of nitrogens with one attached hydrogen (secondary N) is 2. The molecule has 0 saturated carbocycles. The molecule has 3 N–H and O–H groups in total. The van der Waals surface area contributed by atoms with E-state index < -0.39 is 71.5 Å². The van der Waals surface area contributed by atoms with Crippen LogP contribution in [0, 0.1) is 17.8 Å². The molecule has 2 aromatic rings. The van der Waals surface area contributed by atoms with Crippen molar-refractivity contribution in [3.8, 4) is 0 Å². The average molecular weight is 767 g/mol. The van der Waals surface area contributed by atoms with Crippen LogP contribution in [0.2, 0.25) is 0 Å². The lowest BCUT2D eigenvalue weighted by Crippen LogP contribution is -2.60. The second-order valence-electron chi connectivity index (χ2n) is 16.6. The smallest absolute Gasteiger partial charge is 0.408 e. The van der Waals surface area contributed by atoms with Gasteiger partial charge in [-0.05, 0) is 98.1 Å². The van der Waals surface area contributed by atoms with Crippen molar-refractivity contribution in [1.29, 1.82) is 0 Å². The fourth-order valence-electron chi connectivity index (χ4n) is 8.68. The van der Waals surface area contributed by atoms with Gasteiger partial charge in [-0.3, -0.25) is 14.6 Å². The van der Waals surface area contributed by atoms with Gasteiger partial charge in [0.05, 0.1) is 36.0 Å². The van der Waals surface area contributed by atoms with Crippen molar-refractivity contribution in [3.05, 3.63) is 48.2 Å². The van der Waals surface area contributed by atoms with Gasteiger partial charge in [-0.2, -0.15) is 0 Å². The SMILES string of the molecule is CC[C@H]1OC(=O)[C@H](C)C(=O)[C@H](C)[C@@H](O[C@@H]2OC(C)CC(N(C)C)C2O)[C@](C)(OC/C=C/c2cnc3ccccc3c2)C[C@@H](C)CN[C@H](C)[C@H]2NC(=O)O[C@@]21C. The van der Waals surface area contributed by atoms with E-state index in [0.717, 1.165) is 16.5 Å². The third kappa shape index (κ3) is 9.57.